The van der Waals surface area contributed by atoms with Crippen LogP contribution in [-0.2, 0) is 12.6 Å². The van der Waals surface area contributed by atoms with E-state index in [1.165, 1.54) is 6.07 Å². The molecule has 2 N–H and O–H groups in total. The standard InChI is InChI=1S/C11H13F3N2/c12-11(13,14)9-4-3-8(5-6-15)10(16-9)7-1-2-7/h3-4,7H,1-2,5-6,15H2. The van der Waals surface area contributed by atoms with E-state index in [4.69, 9.17) is 5.73 Å². The van der Waals surface area contributed by atoms with Crippen molar-refractivity contribution < 1.29 is 13.2 Å². The topological polar surface area (TPSA) is 38.9 Å². The Balaban J connectivity index is 2.35. The number of pyridine rings is 1. The Labute approximate surface area is 91.7 Å². The molecule has 88 valence electrons. The van der Waals surface area contributed by atoms with Crippen molar-refractivity contribution in [1.82, 2.24) is 4.98 Å². The lowest BCUT2D eigenvalue weighted by Gasteiger charge is -2.11. The summed E-state index contributed by atoms with van der Waals surface area (Å²) < 4.78 is 37.4. The molecule has 2 rings (SSSR count). The van der Waals surface area contributed by atoms with Crippen LogP contribution in [0.2, 0.25) is 0 Å². The van der Waals surface area contributed by atoms with Crippen molar-refractivity contribution in [3.63, 3.8) is 0 Å². The van der Waals surface area contributed by atoms with Crippen LogP contribution in [0.3, 0.4) is 0 Å². The van der Waals surface area contributed by atoms with Gasteiger partial charge in [0.1, 0.15) is 5.69 Å². The van der Waals surface area contributed by atoms with Gasteiger partial charge in [-0.15, -0.1) is 0 Å². The smallest absolute Gasteiger partial charge is 0.330 e. The molecule has 0 bridgehead atoms. The summed E-state index contributed by atoms with van der Waals surface area (Å²) in [6.07, 6.45) is -1.89. The van der Waals surface area contributed by atoms with Gasteiger partial charge in [-0.05, 0) is 37.4 Å². The van der Waals surface area contributed by atoms with E-state index in [0.717, 1.165) is 24.5 Å². The van der Waals surface area contributed by atoms with Gasteiger partial charge in [-0.2, -0.15) is 13.2 Å². The second kappa shape index (κ2) is 4.05. The molecule has 0 atom stereocenters. The number of alkyl halides is 3. The van der Waals surface area contributed by atoms with Crippen molar-refractivity contribution in [2.75, 3.05) is 6.54 Å². The van der Waals surface area contributed by atoms with Crippen LogP contribution in [0.1, 0.15) is 35.7 Å². The van der Waals surface area contributed by atoms with E-state index in [-0.39, 0.29) is 5.92 Å². The first kappa shape index (κ1) is 11.4. The first-order chi connectivity index (χ1) is 7.52. The van der Waals surface area contributed by atoms with Crippen molar-refractivity contribution in [2.45, 2.75) is 31.4 Å². The van der Waals surface area contributed by atoms with E-state index < -0.39 is 11.9 Å². The number of rotatable bonds is 3. The lowest BCUT2D eigenvalue weighted by Crippen LogP contribution is -2.12. The Bertz CT molecular complexity index is 383. The number of hydrogen-bond donors (Lipinski definition) is 1. The molecule has 1 aromatic heterocycles. The fourth-order valence-corrected chi connectivity index (χ4v) is 1.74. The van der Waals surface area contributed by atoms with E-state index in [9.17, 15) is 13.2 Å². The first-order valence-corrected chi connectivity index (χ1v) is 5.29. The Morgan fingerprint density at radius 3 is 2.50 bits per heavy atom. The first-order valence-electron chi connectivity index (χ1n) is 5.29. The Hall–Kier alpha value is -1.10. The third kappa shape index (κ3) is 2.35. The zero-order chi connectivity index (χ0) is 11.8. The van der Waals surface area contributed by atoms with Gasteiger partial charge in [0.25, 0.3) is 0 Å². The molecule has 1 aromatic rings. The zero-order valence-electron chi connectivity index (χ0n) is 8.72. The summed E-state index contributed by atoms with van der Waals surface area (Å²) >= 11 is 0. The van der Waals surface area contributed by atoms with Crippen molar-refractivity contribution in [1.29, 1.82) is 0 Å². The number of nitrogens with zero attached hydrogens (tertiary/aromatic N) is 1. The van der Waals surface area contributed by atoms with E-state index >= 15 is 0 Å². The third-order valence-corrected chi connectivity index (χ3v) is 2.68. The lowest BCUT2D eigenvalue weighted by atomic mass is 10.1. The maximum absolute atomic E-state index is 12.5. The largest absolute Gasteiger partial charge is 0.433 e. The number of halogens is 3. The molecule has 0 radical (unpaired) electrons. The van der Waals surface area contributed by atoms with Crippen molar-refractivity contribution in [3.05, 3.63) is 29.1 Å². The molecule has 0 saturated heterocycles. The monoisotopic (exact) mass is 230 g/mol. The van der Waals surface area contributed by atoms with Crippen LogP contribution in [0, 0.1) is 0 Å². The highest BCUT2D eigenvalue weighted by Crippen LogP contribution is 2.41. The van der Waals surface area contributed by atoms with Crippen LogP contribution in [0.5, 0.6) is 0 Å². The van der Waals surface area contributed by atoms with E-state index in [1.807, 2.05) is 0 Å². The van der Waals surface area contributed by atoms with Crippen LogP contribution < -0.4 is 5.73 Å². The maximum atomic E-state index is 12.5. The highest BCUT2D eigenvalue weighted by Gasteiger charge is 2.35. The minimum absolute atomic E-state index is 0.212. The molecule has 1 saturated carbocycles. The molecular formula is C11H13F3N2. The molecule has 5 heteroatoms. The minimum atomic E-state index is -4.36. The van der Waals surface area contributed by atoms with Gasteiger partial charge < -0.3 is 5.73 Å². The number of nitrogens with two attached hydrogens (primary N) is 1. The minimum Gasteiger partial charge on any atom is -0.330 e. The average Bonchev–Trinajstić information content (AvgIpc) is 3.00. The van der Waals surface area contributed by atoms with Gasteiger partial charge >= 0.3 is 6.18 Å². The van der Waals surface area contributed by atoms with Crippen LogP contribution in [0.25, 0.3) is 0 Å². The molecule has 1 aliphatic rings. The van der Waals surface area contributed by atoms with Crippen molar-refractivity contribution >= 4 is 0 Å². The van der Waals surface area contributed by atoms with Crippen LogP contribution in [-0.4, -0.2) is 11.5 Å². The lowest BCUT2D eigenvalue weighted by molar-refractivity contribution is -0.141. The second-order valence-electron chi connectivity index (χ2n) is 4.05. The molecule has 2 nitrogen and oxygen atoms in total. The third-order valence-electron chi connectivity index (χ3n) is 2.68. The molecule has 0 unspecified atom stereocenters. The van der Waals surface area contributed by atoms with Gasteiger partial charge in [0, 0.05) is 11.6 Å². The summed E-state index contributed by atoms with van der Waals surface area (Å²) in [7, 11) is 0. The predicted octanol–water partition coefficient (Wildman–Crippen LogP) is 2.48. The van der Waals surface area contributed by atoms with Gasteiger partial charge in [-0.1, -0.05) is 6.07 Å². The second-order valence-corrected chi connectivity index (χ2v) is 4.05. The molecule has 1 fully saturated rings. The molecule has 0 aliphatic heterocycles. The highest BCUT2D eigenvalue weighted by atomic mass is 19.4. The molecule has 0 aromatic carbocycles. The average molecular weight is 230 g/mol. The summed E-state index contributed by atoms with van der Waals surface area (Å²) in [4.78, 5) is 3.74. The van der Waals surface area contributed by atoms with Gasteiger partial charge in [-0.25, -0.2) is 4.98 Å². The number of hydrogen-bond acceptors (Lipinski definition) is 2. The quantitative estimate of drug-likeness (QED) is 0.866. The normalized spacial score (nSPS) is 16.5. The van der Waals surface area contributed by atoms with E-state index in [2.05, 4.69) is 4.98 Å². The van der Waals surface area contributed by atoms with Crippen molar-refractivity contribution in [2.24, 2.45) is 5.73 Å². The van der Waals surface area contributed by atoms with Crippen LogP contribution in [0.4, 0.5) is 13.2 Å². The van der Waals surface area contributed by atoms with E-state index in [0.29, 0.717) is 18.7 Å². The van der Waals surface area contributed by atoms with Gasteiger partial charge in [0.05, 0.1) is 0 Å². The summed E-state index contributed by atoms with van der Waals surface area (Å²) in [6, 6.07) is 2.55. The Morgan fingerprint density at radius 2 is 2.00 bits per heavy atom. The Morgan fingerprint density at radius 1 is 1.31 bits per heavy atom. The zero-order valence-corrected chi connectivity index (χ0v) is 8.72. The summed E-state index contributed by atoms with van der Waals surface area (Å²) in [5, 5.41) is 0. The van der Waals surface area contributed by atoms with Crippen LogP contribution in [0.15, 0.2) is 12.1 Å². The maximum Gasteiger partial charge on any atom is 0.433 e. The highest BCUT2D eigenvalue weighted by molar-refractivity contribution is 5.30. The Kier molecular flexibility index (Phi) is 2.88. The fourth-order valence-electron chi connectivity index (χ4n) is 1.74. The number of aromatic nitrogens is 1. The molecule has 16 heavy (non-hydrogen) atoms. The summed E-state index contributed by atoms with van der Waals surface area (Å²) in [5.41, 5.74) is 6.08. The fraction of sp³-hybridized carbons (Fsp3) is 0.545. The SMILES string of the molecule is NCCc1ccc(C(F)(F)F)nc1C1CC1. The predicted molar refractivity (Wildman–Crippen MR) is 54.0 cm³/mol. The van der Waals surface area contributed by atoms with Gasteiger partial charge in [0.2, 0.25) is 0 Å². The summed E-state index contributed by atoms with van der Waals surface area (Å²) in [6.45, 7) is 0.437. The van der Waals surface area contributed by atoms with E-state index in [1.54, 1.807) is 0 Å². The van der Waals surface area contributed by atoms with Crippen molar-refractivity contribution in [3.8, 4) is 0 Å². The van der Waals surface area contributed by atoms with Gasteiger partial charge in [0.15, 0.2) is 0 Å². The molecule has 1 aliphatic carbocycles. The molecule has 1 heterocycles. The molecule has 0 spiro atoms. The molecule has 0 amide bonds. The summed E-state index contributed by atoms with van der Waals surface area (Å²) in [5.74, 6) is 0.212. The van der Waals surface area contributed by atoms with Crippen LogP contribution >= 0.6 is 0 Å². The van der Waals surface area contributed by atoms with Gasteiger partial charge in [-0.3, -0.25) is 0 Å². The molecular weight excluding hydrogens is 217 g/mol.